The number of aliphatic imine (C=N–C) groups is 1. The maximum Gasteiger partial charge on any atom is 0.225 e. The number of hydrogen-bond donors (Lipinski definition) is 1. The predicted octanol–water partition coefficient (Wildman–Crippen LogP) is 13.8. The molecule has 3 atom stereocenters. The van der Waals surface area contributed by atoms with Gasteiger partial charge in [0.05, 0.1) is 17.1 Å². The zero-order valence-electron chi connectivity index (χ0n) is 33.0. The Hall–Kier alpha value is -7.63. The summed E-state index contributed by atoms with van der Waals surface area (Å²) in [5.74, 6) is 1.14. The van der Waals surface area contributed by atoms with Crippen LogP contribution in [-0.4, -0.2) is 16.4 Å². The molecule has 0 radical (unpaired) electrons. The van der Waals surface area contributed by atoms with E-state index in [0.717, 1.165) is 44.2 Å². The molecule has 0 saturated carbocycles. The van der Waals surface area contributed by atoms with Crippen molar-refractivity contribution in [1.29, 1.82) is 0 Å². The number of para-hydroxylation sites is 3. The molecule has 5 heteroatoms. The molecule has 60 heavy (non-hydrogen) atoms. The van der Waals surface area contributed by atoms with E-state index < -0.39 is 0 Å². The first-order chi connectivity index (χ1) is 29.6. The highest BCUT2D eigenvalue weighted by Crippen LogP contribution is 2.51. The van der Waals surface area contributed by atoms with E-state index in [4.69, 9.17) is 15.1 Å². The van der Waals surface area contributed by atoms with Crippen molar-refractivity contribution in [2.75, 3.05) is 4.90 Å². The third-order valence-corrected chi connectivity index (χ3v) is 12.8. The highest BCUT2D eigenvalue weighted by Gasteiger charge is 2.38. The fourth-order valence-corrected chi connectivity index (χ4v) is 10.1. The number of allylic oxidation sites excluding steroid dienone is 2. The molecule has 0 saturated heterocycles. The van der Waals surface area contributed by atoms with E-state index >= 15 is 0 Å². The molecule has 2 N–H and O–H groups in total. The molecular formula is C55H40N4O. The summed E-state index contributed by atoms with van der Waals surface area (Å²) in [6.45, 7) is 2.26. The molecule has 0 fully saturated rings. The lowest BCUT2D eigenvalue weighted by Crippen LogP contribution is -2.28. The van der Waals surface area contributed by atoms with Crippen molar-refractivity contribution < 1.29 is 4.42 Å². The first-order valence-electron chi connectivity index (χ1n) is 20.7. The van der Waals surface area contributed by atoms with Gasteiger partial charge in [0, 0.05) is 61.6 Å². The van der Waals surface area contributed by atoms with Gasteiger partial charge in [0.1, 0.15) is 11.4 Å². The van der Waals surface area contributed by atoms with Crippen LogP contribution in [0.3, 0.4) is 0 Å². The number of anilines is 2. The van der Waals surface area contributed by atoms with Crippen molar-refractivity contribution in [2.24, 2.45) is 10.7 Å². The molecule has 5 nitrogen and oxygen atoms in total. The van der Waals surface area contributed by atoms with Gasteiger partial charge >= 0.3 is 0 Å². The smallest absolute Gasteiger partial charge is 0.225 e. The summed E-state index contributed by atoms with van der Waals surface area (Å²) in [5.41, 5.74) is 18.0. The van der Waals surface area contributed by atoms with Gasteiger partial charge in [0.25, 0.3) is 0 Å². The third-order valence-electron chi connectivity index (χ3n) is 12.8. The lowest BCUT2D eigenvalue weighted by Gasteiger charge is -2.30. The molecule has 1 aliphatic carbocycles. The maximum absolute atomic E-state index is 7.00. The van der Waals surface area contributed by atoms with E-state index in [1.807, 2.05) is 18.2 Å². The molecule has 8 aromatic carbocycles. The molecule has 12 rings (SSSR count). The van der Waals surface area contributed by atoms with E-state index in [1.54, 1.807) is 0 Å². The highest BCUT2D eigenvalue weighted by atomic mass is 16.3. The topological polar surface area (TPSA) is 59.7 Å². The summed E-state index contributed by atoms with van der Waals surface area (Å²) in [4.78, 5) is 7.68. The second-order valence-electron chi connectivity index (χ2n) is 16.1. The lowest BCUT2D eigenvalue weighted by molar-refractivity contribution is 0.619. The first-order valence-corrected chi connectivity index (χ1v) is 20.7. The van der Waals surface area contributed by atoms with Crippen LogP contribution < -0.4 is 10.6 Å². The van der Waals surface area contributed by atoms with Crippen LogP contribution in [0.2, 0.25) is 0 Å². The Morgan fingerprint density at radius 1 is 0.600 bits per heavy atom. The Kier molecular flexibility index (Phi) is 7.73. The number of benzene rings is 8. The summed E-state index contributed by atoms with van der Waals surface area (Å²) in [5, 5.41) is 8.33. The zero-order chi connectivity index (χ0) is 39.9. The van der Waals surface area contributed by atoms with Gasteiger partial charge < -0.3 is 19.6 Å². The van der Waals surface area contributed by atoms with Gasteiger partial charge in [-0.1, -0.05) is 153 Å². The van der Waals surface area contributed by atoms with E-state index in [2.05, 4.69) is 192 Å². The monoisotopic (exact) mass is 772 g/mol. The quantitative estimate of drug-likeness (QED) is 0.135. The summed E-state index contributed by atoms with van der Waals surface area (Å²) < 4.78 is 8.92. The summed E-state index contributed by atoms with van der Waals surface area (Å²) in [7, 11) is 0. The molecule has 0 amide bonds. The van der Waals surface area contributed by atoms with E-state index in [9.17, 15) is 0 Å². The average molecular weight is 773 g/mol. The third kappa shape index (κ3) is 5.22. The molecule has 3 heterocycles. The second kappa shape index (κ2) is 13.5. The van der Waals surface area contributed by atoms with Gasteiger partial charge in [0.2, 0.25) is 5.88 Å². The van der Waals surface area contributed by atoms with Gasteiger partial charge in [-0.05, 0) is 75.8 Å². The maximum atomic E-state index is 7.00. The minimum Gasteiger partial charge on any atom is -0.438 e. The molecule has 3 unspecified atom stereocenters. The summed E-state index contributed by atoms with van der Waals surface area (Å²) in [6.07, 6.45) is 9.09. The minimum absolute atomic E-state index is 0.0673. The van der Waals surface area contributed by atoms with E-state index in [1.165, 1.54) is 49.4 Å². The van der Waals surface area contributed by atoms with Crippen molar-refractivity contribution >= 4 is 77.4 Å². The number of rotatable bonds is 6. The molecule has 1 aliphatic heterocycles. The van der Waals surface area contributed by atoms with Crippen molar-refractivity contribution in [1.82, 2.24) is 4.57 Å². The minimum atomic E-state index is -0.0673. The van der Waals surface area contributed by atoms with E-state index in [-0.39, 0.29) is 17.9 Å². The number of aromatic nitrogens is 1. The number of hydrogen-bond acceptors (Lipinski definition) is 3. The summed E-state index contributed by atoms with van der Waals surface area (Å²) in [6, 6.07) is 60.7. The van der Waals surface area contributed by atoms with Gasteiger partial charge in [-0.25, -0.2) is 0 Å². The molecule has 0 bridgehead atoms. The van der Waals surface area contributed by atoms with E-state index in [0.29, 0.717) is 11.7 Å². The Morgan fingerprint density at radius 3 is 2.18 bits per heavy atom. The molecule has 2 aliphatic rings. The Labute approximate surface area is 347 Å². The summed E-state index contributed by atoms with van der Waals surface area (Å²) >= 11 is 0. The molecule has 10 aromatic rings. The van der Waals surface area contributed by atoms with Crippen molar-refractivity contribution in [3.63, 3.8) is 0 Å². The zero-order valence-corrected chi connectivity index (χ0v) is 33.0. The molecule has 286 valence electrons. The van der Waals surface area contributed by atoms with Crippen LogP contribution in [0.15, 0.2) is 204 Å². The fraction of sp³-hybridized carbons (Fsp3) is 0.0727. The van der Waals surface area contributed by atoms with Crippen LogP contribution in [0, 0.1) is 0 Å². The Bertz CT molecular complexity index is 3440. The number of amidine groups is 1. The SMILES string of the molecule is CC(c1c(/N=C(\N)c2ccc3c4ccccc4n(-c4ccccc4)c3c2)oc2ccccc12)c1cccc2c(N3c4cc5ccccc5cc4C4C=CC=CC43)cccc12. The standard InChI is InChI=1S/C55H40N4O/c1-34(39-22-13-24-41-40(39)23-14-27-49(41)59-48-26-11-8-20-43(48)46-31-35-15-5-6-16-36(35)32-51(46)59)53-45-21-9-12-28-52(45)60-55(53)57-54(56)37-29-30-44-42-19-7-10-25-47(42)58(50(44)33-37)38-17-3-2-4-18-38/h2-34,43,48H,1H3,(H2,56,57). The van der Waals surface area contributed by atoms with Crippen LogP contribution in [0.1, 0.15) is 41.0 Å². The van der Waals surface area contributed by atoms with Crippen LogP contribution in [0.5, 0.6) is 0 Å². The van der Waals surface area contributed by atoms with Crippen molar-refractivity contribution in [3.8, 4) is 5.69 Å². The first kappa shape index (κ1) is 34.4. The Morgan fingerprint density at radius 2 is 1.30 bits per heavy atom. The number of nitrogens with zero attached hydrogens (tertiary/aromatic N) is 3. The normalized spacial score (nSPS) is 16.7. The largest absolute Gasteiger partial charge is 0.438 e. The second-order valence-corrected chi connectivity index (χ2v) is 16.1. The van der Waals surface area contributed by atoms with Crippen LogP contribution in [0.4, 0.5) is 17.3 Å². The highest BCUT2D eigenvalue weighted by molar-refractivity contribution is 6.12. The molecule has 2 aromatic heterocycles. The molecular weight excluding hydrogens is 733 g/mol. The number of furan rings is 1. The van der Waals surface area contributed by atoms with Gasteiger partial charge in [-0.3, -0.25) is 0 Å². The Balaban J connectivity index is 0.985. The van der Waals surface area contributed by atoms with Crippen LogP contribution in [-0.2, 0) is 0 Å². The molecule has 0 spiro atoms. The lowest BCUT2D eigenvalue weighted by atomic mass is 9.88. The van der Waals surface area contributed by atoms with Crippen molar-refractivity contribution in [2.45, 2.75) is 24.8 Å². The van der Waals surface area contributed by atoms with Crippen LogP contribution >= 0.6 is 0 Å². The number of nitrogens with two attached hydrogens (primary N) is 1. The van der Waals surface area contributed by atoms with Crippen LogP contribution in [0.25, 0.3) is 60.0 Å². The van der Waals surface area contributed by atoms with Gasteiger partial charge in [-0.15, -0.1) is 0 Å². The number of fused-ring (bicyclic) bond motifs is 9. The fourth-order valence-electron chi connectivity index (χ4n) is 10.1. The predicted molar refractivity (Wildman–Crippen MR) is 250 cm³/mol. The van der Waals surface area contributed by atoms with Crippen molar-refractivity contribution in [3.05, 3.63) is 216 Å². The van der Waals surface area contributed by atoms with Gasteiger partial charge in [-0.2, -0.15) is 4.99 Å². The average Bonchev–Trinajstić information content (AvgIpc) is 3.94. The van der Waals surface area contributed by atoms with Gasteiger partial charge in [0.15, 0.2) is 0 Å².